The molecule has 0 saturated heterocycles. The third-order valence-corrected chi connectivity index (χ3v) is 3.81. The molecule has 3 aromatic rings. The predicted octanol–water partition coefficient (Wildman–Crippen LogP) is 4.16. The number of benzene rings is 2. The zero-order chi connectivity index (χ0) is 21.0. The van der Waals surface area contributed by atoms with Gasteiger partial charge >= 0.3 is 11.3 Å². The van der Waals surface area contributed by atoms with Gasteiger partial charge in [0.1, 0.15) is 24.0 Å². The maximum atomic E-state index is 11.3. The number of non-ortho nitro benzene ring substituents is 1. The lowest BCUT2D eigenvalue weighted by atomic mass is 10.2. The normalized spacial score (nSPS) is 12.2. The van der Waals surface area contributed by atoms with Gasteiger partial charge in [-0.3, -0.25) is 20.2 Å². The van der Waals surface area contributed by atoms with Crippen molar-refractivity contribution in [2.24, 2.45) is 10.2 Å². The molecule has 0 saturated carbocycles. The SMILES string of the molecule is CC(COc1ccc2ccc(=O)oc2c1)N=Nc1ccc([N+](=O)[O-])cc1[N+](=O)[O-]. The van der Waals surface area contributed by atoms with Crippen molar-refractivity contribution < 1.29 is 19.0 Å². The molecule has 148 valence electrons. The monoisotopic (exact) mass is 398 g/mol. The Morgan fingerprint density at radius 2 is 1.83 bits per heavy atom. The first-order valence-corrected chi connectivity index (χ1v) is 8.34. The van der Waals surface area contributed by atoms with Crippen molar-refractivity contribution in [3.8, 4) is 5.75 Å². The number of azo groups is 1. The van der Waals surface area contributed by atoms with Gasteiger partial charge in [-0.1, -0.05) is 0 Å². The zero-order valence-electron chi connectivity index (χ0n) is 15.0. The van der Waals surface area contributed by atoms with Crippen LogP contribution in [0.25, 0.3) is 11.0 Å². The van der Waals surface area contributed by atoms with Crippen molar-refractivity contribution >= 4 is 28.0 Å². The summed E-state index contributed by atoms with van der Waals surface area (Å²) < 4.78 is 10.7. The van der Waals surface area contributed by atoms with Crippen LogP contribution in [0.2, 0.25) is 0 Å². The van der Waals surface area contributed by atoms with Crippen molar-refractivity contribution in [2.75, 3.05) is 6.61 Å². The molecule has 3 rings (SSSR count). The Hall–Kier alpha value is -4.15. The molecule has 0 spiro atoms. The molecule has 1 atom stereocenters. The molecule has 0 N–H and O–H groups in total. The van der Waals surface area contributed by atoms with Gasteiger partial charge < -0.3 is 9.15 Å². The fourth-order valence-corrected chi connectivity index (χ4v) is 2.40. The number of ether oxygens (including phenoxy) is 1. The average Bonchev–Trinajstić information content (AvgIpc) is 2.70. The molecule has 0 amide bonds. The van der Waals surface area contributed by atoms with Crippen molar-refractivity contribution in [2.45, 2.75) is 13.0 Å². The van der Waals surface area contributed by atoms with E-state index in [1.165, 1.54) is 12.1 Å². The van der Waals surface area contributed by atoms with Crippen LogP contribution in [0.15, 0.2) is 68.0 Å². The van der Waals surface area contributed by atoms with Crippen molar-refractivity contribution in [3.05, 3.63) is 79.2 Å². The summed E-state index contributed by atoms with van der Waals surface area (Å²) in [5.41, 5.74) is -1.11. The minimum absolute atomic E-state index is 0.0973. The van der Waals surface area contributed by atoms with Gasteiger partial charge in [-0.25, -0.2) is 4.79 Å². The first-order chi connectivity index (χ1) is 13.8. The third kappa shape index (κ3) is 4.77. The van der Waals surface area contributed by atoms with E-state index in [9.17, 15) is 25.0 Å². The van der Waals surface area contributed by atoms with E-state index >= 15 is 0 Å². The molecule has 0 radical (unpaired) electrons. The molecule has 11 heteroatoms. The van der Waals surface area contributed by atoms with Crippen LogP contribution >= 0.6 is 0 Å². The second-order valence-corrected chi connectivity index (χ2v) is 6.02. The second kappa shape index (κ2) is 8.25. The Morgan fingerprint density at radius 3 is 2.55 bits per heavy atom. The minimum Gasteiger partial charge on any atom is -0.491 e. The standard InChI is InChI=1S/C18H14N4O7/c1-11(10-28-14-5-2-12-3-7-18(23)29-17(12)9-14)19-20-15-6-4-13(21(24)25)8-16(15)22(26)27/h2-9,11H,10H2,1H3. The highest BCUT2D eigenvalue weighted by Crippen LogP contribution is 2.31. The van der Waals surface area contributed by atoms with E-state index < -0.39 is 32.9 Å². The summed E-state index contributed by atoms with van der Waals surface area (Å²) in [5, 5.41) is 30.4. The Kier molecular flexibility index (Phi) is 5.58. The van der Waals surface area contributed by atoms with Crippen LogP contribution in [-0.2, 0) is 0 Å². The van der Waals surface area contributed by atoms with Crippen LogP contribution in [0.1, 0.15) is 6.92 Å². The largest absolute Gasteiger partial charge is 0.491 e. The number of nitrogens with zero attached hydrogens (tertiary/aromatic N) is 4. The van der Waals surface area contributed by atoms with Gasteiger partial charge in [-0.2, -0.15) is 5.11 Å². The summed E-state index contributed by atoms with van der Waals surface area (Å²) >= 11 is 0. The molecular formula is C18H14N4O7. The van der Waals surface area contributed by atoms with Crippen LogP contribution in [0.4, 0.5) is 17.1 Å². The summed E-state index contributed by atoms with van der Waals surface area (Å²) in [7, 11) is 0. The molecule has 29 heavy (non-hydrogen) atoms. The smallest absolute Gasteiger partial charge is 0.336 e. The summed E-state index contributed by atoms with van der Waals surface area (Å²) in [6, 6.07) is 10.6. The Balaban J connectivity index is 1.70. The molecule has 0 aliphatic rings. The Morgan fingerprint density at radius 1 is 1.07 bits per heavy atom. The average molecular weight is 398 g/mol. The van der Waals surface area contributed by atoms with Crippen molar-refractivity contribution in [1.29, 1.82) is 0 Å². The molecule has 0 aliphatic heterocycles. The topological polar surface area (TPSA) is 150 Å². The number of fused-ring (bicyclic) bond motifs is 1. The molecular weight excluding hydrogens is 384 g/mol. The van der Waals surface area contributed by atoms with Crippen LogP contribution in [-0.4, -0.2) is 22.5 Å². The third-order valence-electron chi connectivity index (χ3n) is 3.81. The molecule has 11 nitrogen and oxygen atoms in total. The van der Waals surface area contributed by atoms with Gasteiger partial charge in [-0.15, -0.1) is 5.11 Å². The minimum atomic E-state index is -0.759. The summed E-state index contributed by atoms with van der Waals surface area (Å²) in [6.45, 7) is 1.79. The van der Waals surface area contributed by atoms with Gasteiger partial charge in [0.15, 0.2) is 5.69 Å². The quantitative estimate of drug-likeness (QED) is 0.251. The van der Waals surface area contributed by atoms with Crippen LogP contribution < -0.4 is 10.4 Å². The van der Waals surface area contributed by atoms with Crippen LogP contribution in [0.3, 0.4) is 0 Å². The fraction of sp³-hybridized carbons (Fsp3) is 0.167. The van der Waals surface area contributed by atoms with Crippen LogP contribution in [0.5, 0.6) is 5.75 Å². The maximum absolute atomic E-state index is 11.3. The van der Waals surface area contributed by atoms with Gasteiger partial charge in [0.2, 0.25) is 0 Å². The lowest BCUT2D eigenvalue weighted by Gasteiger charge is -2.09. The summed E-state index contributed by atoms with van der Waals surface area (Å²) in [4.78, 5) is 31.7. The fourth-order valence-electron chi connectivity index (χ4n) is 2.40. The molecule has 0 bridgehead atoms. The van der Waals surface area contributed by atoms with Crippen molar-refractivity contribution in [3.63, 3.8) is 0 Å². The van der Waals surface area contributed by atoms with Gasteiger partial charge in [0.25, 0.3) is 5.69 Å². The molecule has 2 aromatic carbocycles. The van der Waals surface area contributed by atoms with E-state index in [1.54, 1.807) is 31.2 Å². The highest BCUT2D eigenvalue weighted by atomic mass is 16.6. The molecule has 1 aromatic heterocycles. The Bertz CT molecular complexity index is 1170. The Labute approximate surface area is 162 Å². The summed E-state index contributed by atoms with van der Waals surface area (Å²) in [5.74, 6) is 0.454. The van der Waals surface area contributed by atoms with E-state index in [0.717, 1.165) is 17.5 Å². The lowest BCUT2D eigenvalue weighted by Crippen LogP contribution is -2.11. The van der Waals surface area contributed by atoms with E-state index in [2.05, 4.69) is 10.2 Å². The number of hydrogen-bond donors (Lipinski definition) is 0. The number of rotatable bonds is 7. The number of nitro benzene ring substituents is 2. The van der Waals surface area contributed by atoms with E-state index in [4.69, 9.17) is 9.15 Å². The predicted molar refractivity (Wildman–Crippen MR) is 102 cm³/mol. The van der Waals surface area contributed by atoms with Gasteiger partial charge in [-0.05, 0) is 31.2 Å². The highest BCUT2D eigenvalue weighted by Gasteiger charge is 2.19. The van der Waals surface area contributed by atoms with Crippen molar-refractivity contribution in [1.82, 2.24) is 0 Å². The van der Waals surface area contributed by atoms with Gasteiger partial charge in [0, 0.05) is 23.6 Å². The first kappa shape index (κ1) is 19.6. The molecule has 1 heterocycles. The maximum Gasteiger partial charge on any atom is 0.336 e. The molecule has 1 unspecified atom stereocenters. The second-order valence-electron chi connectivity index (χ2n) is 6.02. The van der Waals surface area contributed by atoms with Crippen LogP contribution in [0, 0.1) is 20.2 Å². The number of nitro groups is 2. The first-order valence-electron chi connectivity index (χ1n) is 8.34. The van der Waals surface area contributed by atoms with Gasteiger partial charge in [0.05, 0.1) is 15.9 Å². The highest BCUT2D eigenvalue weighted by molar-refractivity contribution is 5.77. The van der Waals surface area contributed by atoms with E-state index in [1.807, 2.05) is 0 Å². The van der Waals surface area contributed by atoms with E-state index in [-0.39, 0.29) is 12.3 Å². The number of hydrogen-bond acceptors (Lipinski definition) is 9. The van der Waals surface area contributed by atoms with E-state index in [0.29, 0.717) is 11.3 Å². The summed E-state index contributed by atoms with van der Waals surface area (Å²) in [6.07, 6.45) is 0. The zero-order valence-corrected chi connectivity index (χ0v) is 15.0. The lowest BCUT2D eigenvalue weighted by molar-refractivity contribution is -0.393. The molecule has 0 aliphatic carbocycles. The molecule has 0 fully saturated rings.